The largest absolute Gasteiger partial charge is 0.399 e. The van der Waals surface area contributed by atoms with E-state index in [-0.39, 0.29) is 0 Å². The molecule has 1 saturated heterocycles. The van der Waals surface area contributed by atoms with Gasteiger partial charge in [0.2, 0.25) is 0 Å². The molecular weight excluding hydrogens is 374 g/mol. The second-order valence-electron chi connectivity index (χ2n) is 7.13. The maximum atomic E-state index is 5.93. The number of anilines is 1. The van der Waals surface area contributed by atoms with E-state index in [4.69, 9.17) is 16.5 Å². The van der Waals surface area contributed by atoms with Gasteiger partial charge in [0.15, 0.2) is 11.3 Å². The molecule has 1 aliphatic rings. The number of aromatic nitrogens is 2. The van der Waals surface area contributed by atoms with E-state index in [9.17, 15) is 0 Å². The highest BCUT2D eigenvalue weighted by Gasteiger charge is 2.15. The third-order valence-corrected chi connectivity index (χ3v) is 4.88. The Hall–Kier alpha value is -3.06. The van der Waals surface area contributed by atoms with Crippen molar-refractivity contribution in [2.75, 3.05) is 18.4 Å². The summed E-state index contributed by atoms with van der Waals surface area (Å²) in [6, 6.07) is 8.25. The SMILES string of the molecule is C=C(N)c1cccc(CN=c2c(N[C@H]3CCCNC3)ncc(C(=C)N)n2C)c1.CC. The third kappa shape index (κ3) is 5.97. The zero-order valence-corrected chi connectivity index (χ0v) is 18.4. The number of hydrogen-bond donors (Lipinski definition) is 4. The van der Waals surface area contributed by atoms with E-state index in [1.54, 1.807) is 6.20 Å². The van der Waals surface area contributed by atoms with Gasteiger partial charge in [-0.2, -0.15) is 0 Å². The molecule has 2 heterocycles. The van der Waals surface area contributed by atoms with E-state index < -0.39 is 0 Å². The molecule has 1 fully saturated rings. The number of piperidine rings is 1. The quantitative estimate of drug-likeness (QED) is 0.587. The van der Waals surface area contributed by atoms with Gasteiger partial charge in [0.1, 0.15) is 0 Å². The lowest BCUT2D eigenvalue weighted by Gasteiger charge is -2.25. The van der Waals surface area contributed by atoms with Gasteiger partial charge in [-0.1, -0.05) is 45.2 Å². The van der Waals surface area contributed by atoms with E-state index >= 15 is 0 Å². The first-order chi connectivity index (χ1) is 14.5. The van der Waals surface area contributed by atoms with Gasteiger partial charge in [-0.25, -0.2) is 4.98 Å². The predicted octanol–water partition coefficient (Wildman–Crippen LogP) is 2.57. The number of nitrogens with zero attached hydrogens (tertiary/aromatic N) is 3. The summed E-state index contributed by atoms with van der Waals surface area (Å²) in [5, 5.41) is 6.94. The van der Waals surface area contributed by atoms with Gasteiger partial charge in [-0.15, -0.1) is 0 Å². The fourth-order valence-corrected chi connectivity index (χ4v) is 3.33. The van der Waals surface area contributed by atoms with Gasteiger partial charge in [-0.05, 0) is 36.6 Å². The summed E-state index contributed by atoms with van der Waals surface area (Å²) in [5.41, 5.74) is 16.2. The van der Waals surface area contributed by atoms with Gasteiger partial charge in [0, 0.05) is 31.0 Å². The van der Waals surface area contributed by atoms with E-state index in [1.165, 1.54) is 0 Å². The normalized spacial score (nSPS) is 16.4. The molecule has 0 spiro atoms. The van der Waals surface area contributed by atoms with Crippen LogP contribution in [0.2, 0.25) is 0 Å². The van der Waals surface area contributed by atoms with E-state index in [1.807, 2.05) is 49.7 Å². The molecule has 1 aromatic heterocycles. The molecule has 162 valence electrons. The summed E-state index contributed by atoms with van der Waals surface area (Å²) in [6.07, 6.45) is 3.98. The van der Waals surface area contributed by atoms with Gasteiger partial charge < -0.3 is 26.7 Å². The minimum atomic E-state index is 0.325. The van der Waals surface area contributed by atoms with E-state index in [0.717, 1.165) is 54.1 Å². The predicted molar refractivity (Wildman–Crippen MR) is 126 cm³/mol. The van der Waals surface area contributed by atoms with Crippen LogP contribution in [-0.2, 0) is 13.6 Å². The topological polar surface area (TPSA) is 106 Å². The van der Waals surface area contributed by atoms with Crippen molar-refractivity contribution >= 4 is 17.2 Å². The molecule has 7 heteroatoms. The Bertz CT molecular complexity index is 937. The summed E-state index contributed by atoms with van der Waals surface area (Å²) in [5.74, 6) is 0.751. The molecule has 0 bridgehead atoms. The lowest BCUT2D eigenvalue weighted by atomic mass is 10.1. The van der Waals surface area contributed by atoms with Gasteiger partial charge in [-0.3, -0.25) is 4.99 Å². The highest BCUT2D eigenvalue weighted by molar-refractivity contribution is 5.60. The molecule has 1 atom stereocenters. The summed E-state index contributed by atoms with van der Waals surface area (Å²) < 4.78 is 1.93. The molecule has 6 N–H and O–H groups in total. The first kappa shape index (κ1) is 23.2. The van der Waals surface area contributed by atoms with Crippen LogP contribution in [0.3, 0.4) is 0 Å². The third-order valence-electron chi connectivity index (χ3n) is 4.88. The molecule has 0 saturated carbocycles. The number of nitrogens with one attached hydrogen (secondary N) is 2. The van der Waals surface area contributed by atoms with Crippen molar-refractivity contribution < 1.29 is 0 Å². The maximum absolute atomic E-state index is 5.93. The van der Waals surface area contributed by atoms with E-state index in [2.05, 4.69) is 28.8 Å². The number of nitrogens with two attached hydrogens (primary N) is 2. The lowest BCUT2D eigenvalue weighted by Crippen LogP contribution is -2.40. The van der Waals surface area contributed by atoms with Crippen LogP contribution >= 0.6 is 0 Å². The Labute approximate surface area is 179 Å². The van der Waals surface area contributed by atoms with Crippen molar-refractivity contribution in [1.82, 2.24) is 14.9 Å². The summed E-state index contributed by atoms with van der Waals surface area (Å²) >= 11 is 0. The molecule has 1 aliphatic heterocycles. The van der Waals surface area contributed by atoms with Crippen LogP contribution in [0.15, 0.2) is 48.6 Å². The Balaban J connectivity index is 0.00000155. The molecule has 3 rings (SSSR count). The van der Waals surface area contributed by atoms with Gasteiger partial charge >= 0.3 is 0 Å². The standard InChI is InChI=1S/C21H29N7.C2H6/c1-14(22)17-7-4-6-16(10-17)11-26-21-20(27-18-8-5-9-24-12-18)25-13-19(15(2)23)28(21)3;1-2/h4,6-7,10,13,18,24H,1-2,5,8-9,11-12,22-23H2,3H3,(H,25,27);1-2H3/t18-;/m0./s1. The molecule has 0 aliphatic carbocycles. The lowest BCUT2D eigenvalue weighted by molar-refractivity contribution is 0.478. The second-order valence-corrected chi connectivity index (χ2v) is 7.13. The summed E-state index contributed by atoms with van der Waals surface area (Å²) in [7, 11) is 1.93. The minimum absolute atomic E-state index is 0.325. The highest BCUT2D eigenvalue weighted by atomic mass is 15.1. The molecule has 30 heavy (non-hydrogen) atoms. The van der Waals surface area contributed by atoms with E-state index in [0.29, 0.717) is 24.0 Å². The van der Waals surface area contributed by atoms with Crippen LogP contribution in [-0.4, -0.2) is 28.7 Å². The van der Waals surface area contributed by atoms with Crippen molar-refractivity contribution in [2.24, 2.45) is 23.5 Å². The first-order valence-electron chi connectivity index (χ1n) is 10.5. The monoisotopic (exact) mass is 409 g/mol. The van der Waals surface area contributed by atoms with Crippen LogP contribution in [0.5, 0.6) is 0 Å². The van der Waals surface area contributed by atoms with Crippen LogP contribution in [0.4, 0.5) is 5.82 Å². The van der Waals surface area contributed by atoms with Crippen LogP contribution < -0.4 is 27.6 Å². The number of rotatable bonds is 6. The maximum Gasteiger partial charge on any atom is 0.171 e. The van der Waals surface area contributed by atoms with Crippen molar-refractivity contribution in [3.8, 4) is 0 Å². The zero-order valence-electron chi connectivity index (χ0n) is 18.4. The van der Waals surface area contributed by atoms with Gasteiger partial charge in [0.25, 0.3) is 0 Å². The van der Waals surface area contributed by atoms with Crippen molar-refractivity contribution in [1.29, 1.82) is 0 Å². The zero-order chi connectivity index (χ0) is 22.1. The highest BCUT2D eigenvalue weighted by Crippen LogP contribution is 2.12. The fraction of sp³-hybridized carbons (Fsp3) is 0.391. The number of hydrogen-bond acceptors (Lipinski definition) is 6. The van der Waals surface area contributed by atoms with Crippen molar-refractivity contribution in [3.63, 3.8) is 0 Å². The molecule has 7 nitrogen and oxygen atoms in total. The molecule has 0 unspecified atom stereocenters. The summed E-state index contributed by atoms with van der Waals surface area (Å²) in [6.45, 7) is 14.1. The van der Waals surface area contributed by atoms with Crippen LogP contribution in [0.25, 0.3) is 11.4 Å². The van der Waals surface area contributed by atoms with Crippen LogP contribution in [0, 0.1) is 0 Å². The molecule has 0 radical (unpaired) electrons. The fourth-order valence-electron chi connectivity index (χ4n) is 3.33. The Morgan fingerprint density at radius 3 is 2.70 bits per heavy atom. The Morgan fingerprint density at radius 2 is 2.07 bits per heavy atom. The average Bonchev–Trinajstić information content (AvgIpc) is 2.75. The summed E-state index contributed by atoms with van der Waals surface area (Å²) in [4.78, 5) is 9.42. The smallest absolute Gasteiger partial charge is 0.171 e. The molecule has 2 aromatic rings. The molecule has 1 aromatic carbocycles. The first-order valence-corrected chi connectivity index (χ1v) is 10.5. The Morgan fingerprint density at radius 1 is 1.30 bits per heavy atom. The van der Waals surface area contributed by atoms with Crippen LogP contribution in [0.1, 0.15) is 43.5 Å². The molecule has 0 amide bonds. The minimum Gasteiger partial charge on any atom is -0.399 e. The Kier molecular flexibility index (Phi) is 8.68. The van der Waals surface area contributed by atoms with Gasteiger partial charge in [0.05, 0.1) is 18.4 Å². The average molecular weight is 410 g/mol. The number of benzene rings is 1. The molecular formula is C23H35N7. The second kappa shape index (κ2) is 11.2. The van der Waals surface area contributed by atoms with Crippen molar-refractivity contribution in [3.05, 3.63) is 65.9 Å². The van der Waals surface area contributed by atoms with Crippen molar-refractivity contribution in [2.45, 2.75) is 39.3 Å².